The number of hydrogen-bond acceptors (Lipinski definition) is 5. The molecule has 1 unspecified atom stereocenters. The Morgan fingerprint density at radius 3 is 2.37 bits per heavy atom. The Labute approximate surface area is 177 Å². The number of aryl methyl sites for hydroxylation is 1. The van der Waals surface area contributed by atoms with E-state index in [2.05, 4.69) is 4.72 Å². The number of anilines is 1. The van der Waals surface area contributed by atoms with Crippen LogP contribution in [0.4, 0.5) is 10.5 Å². The number of ether oxygens (including phenoxy) is 1. The molecule has 7 nitrogen and oxygen atoms in total. The number of rotatable bonds is 5. The molecule has 0 bridgehead atoms. The Bertz CT molecular complexity index is 1060. The highest BCUT2D eigenvalue weighted by molar-refractivity contribution is 7.89. The fraction of sp³-hybridized carbons (Fsp3) is 0.364. The van der Waals surface area contributed by atoms with Crippen LogP contribution in [0, 0.1) is 6.92 Å². The molecule has 0 fully saturated rings. The highest BCUT2D eigenvalue weighted by Crippen LogP contribution is 2.39. The molecule has 30 heavy (non-hydrogen) atoms. The molecule has 2 aromatic carbocycles. The van der Waals surface area contributed by atoms with Crippen LogP contribution in [0.25, 0.3) is 0 Å². The standard InChI is InChI=1S/C22H26N2O5S/c1-15-9-11-16(12-10-15)30(27,28)23-14-13-18-17-7-5-6-8-19(17)24(20(18)25)21(26)29-22(2,3)4/h5-12,18,23H,13-14H2,1-4H3. The van der Waals surface area contributed by atoms with Gasteiger partial charge in [-0.3, -0.25) is 4.79 Å². The summed E-state index contributed by atoms with van der Waals surface area (Å²) in [6.45, 7) is 7.13. The van der Waals surface area contributed by atoms with Gasteiger partial charge in [-0.2, -0.15) is 0 Å². The molecule has 2 amide bonds. The second-order valence-corrected chi connectivity index (χ2v) is 10.0. The van der Waals surface area contributed by atoms with E-state index in [0.29, 0.717) is 11.3 Å². The van der Waals surface area contributed by atoms with Gasteiger partial charge in [-0.1, -0.05) is 35.9 Å². The molecule has 1 aliphatic rings. The van der Waals surface area contributed by atoms with E-state index in [0.717, 1.165) is 10.5 Å². The summed E-state index contributed by atoms with van der Waals surface area (Å²) < 4.78 is 32.9. The maximum atomic E-state index is 13.0. The highest BCUT2D eigenvalue weighted by atomic mass is 32.2. The summed E-state index contributed by atoms with van der Waals surface area (Å²) in [6.07, 6.45) is -0.511. The molecule has 1 N–H and O–H groups in total. The third kappa shape index (κ3) is 4.71. The number of para-hydroxylation sites is 1. The van der Waals surface area contributed by atoms with E-state index >= 15 is 0 Å². The number of carbonyl (C=O) groups is 2. The van der Waals surface area contributed by atoms with Crippen LogP contribution in [0.5, 0.6) is 0 Å². The van der Waals surface area contributed by atoms with Crippen LogP contribution in [0.2, 0.25) is 0 Å². The first-order valence-corrected chi connectivity index (χ1v) is 11.2. The lowest BCUT2D eigenvalue weighted by molar-refractivity contribution is -0.119. The Kier molecular flexibility index (Phi) is 6.01. The molecule has 1 atom stereocenters. The van der Waals surface area contributed by atoms with Crippen LogP contribution >= 0.6 is 0 Å². The van der Waals surface area contributed by atoms with Crippen LogP contribution in [-0.4, -0.2) is 32.6 Å². The van der Waals surface area contributed by atoms with Crippen molar-refractivity contribution < 1.29 is 22.7 Å². The number of imide groups is 1. The van der Waals surface area contributed by atoms with E-state index in [-0.39, 0.29) is 17.9 Å². The molecule has 0 radical (unpaired) electrons. The smallest absolute Gasteiger partial charge is 0.421 e. The predicted molar refractivity (Wildman–Crippen MR) is 114 cm³/mol. The number of carbonyl (C=O) groups excluding carboxylic acids is 2. The summed E-state index contributed by atoms with van der Waals surface area (Å²) in [7, 11) is -3.68. The van der Waals surface area contributed by atoms with E-state index in [4.69, 9.17) is 4.74 Å². The number of nitrogens with one attached hydrogen (secondary N) is 1. The van der Waals surface area contributed by atoms with Gasteiger partial charge in [0.1, 0.15) is 5.60 Å². The summed E-state index contributed by atoms with van der Waals surface area (Å²) in [5.74, 6) is -1.05. The van der Waals surface area contributed by atoms with Crippen LogP contribution in [0.15, 0.2) is 53.4 Å². The average Bonchev–Trinajstić information content (AvgIpc) is 2.92. The van der Waals surface area contributed by atoms with Crippen molar-refractivity contribution in [3.8, 4) is 0 Å². The molecule has 2 aromatic rings. The lowest BCUT2D eigenvalue weighted by atomic mass is 9.97. The van der Waals surface area contributed by atoms with Crippen molar-refractivity contribution in [1.82, 2.24) is 4.72 Å². The van der Waals surface area contributed by atoms with Crippen molar-refractivity contribution >= 4 is 27.7 Å². The van der Waals surface area contributed by atoms with Gasteiger partial charge in [0.25, 0.3) is 0 Å². The van der Waals surface area contributed by atoms with Gasteiger partial charge < -0.3 is 4.74 Å². The van der Waals surface area contributed by atoms with Gasteiger partial charge in [-0.05, 0) is 57.9 Å². The summed E-state index contributed by atoms with van der Waals surface area (Å²) >= 11 is 0. The molecule has 3 rings (SSSR count). The summed E-state index contributed by atoms with van der Waals surface area (Å²) in [6, 6.07) is 13.5. The second kappa shape index (κ2) is 8.20. The zero-order valence-corrected chi connectivity index (χ0v) is 18.3. The SMILES string of the molecule is Cc1ccc(S(=O)(=O)NCCC2C(=O)N(C(=O)OC(C)(C)C)c3ccccc32)cc1. The summed E-state index contributed by atoms with van der Waals surface area (Å²) in [5, 5.41) is 0. The third-order valence-electron chi connectivity index (χ3n) is 4.70. The first-order valence-electron chi connectivity index (χ1n) is 9.72. The quantitative estimate of drug-likeness (QED) is 0.780. The first-order chi connectivity index (χ1) is 14.0. The lowest BCUT2D eigenvalue weighted by Crippen LogP contribution is -2.40. The van der Waals surface area contributed by atoms with Crippen LogP contribution in [0.1, 0.15) is 44.2 Å². The molecule has 160 valence electrons. The van der Waals surface area contributed by atoms with E-state index in [9.17, 15) is 18.0 Å². The zero-order chi connectivity index (χ0) is 22.1. The van der Waals surface area contributed by atoms with E-state index in [1.807, 2.05) is 6.92 Å². The second-order valence-electron chi connectivity index (χ2n) is 8.26. The van der Waals surface area contributed by atoms with Gasteiger partial charge in [0.15, 0.2) is 0 Å². The van der Waals surface area contributed by atoms with Crippen LogP contribution < -0.4 is 9.62 Å². The van der Waals surface area contributed by atoms with Crippen molar-refractivity contribution in [2.45, 2.75) is 50.5 Å². The minimum atomic E-state index is -3.68. The van der Waals surface area contributed by atoms with Crippen molar-refractivity contribution in [3.63, 3.8) is 0 Å². The molecule has 0 aliphatic carbocycles. The minimum absolute atomic E-state index is 0.0586. The third-order valence-corrected chi connectivity index (χ3v) is 6.18. The predicted octanol–water partition coefficient (Wildman–Crippen LogP) is 3.73. The molecule has 1 heterocycles. The van der Waals surface area contributed by atoms with E-state index < -0.39 is 33.5 Å². The van der Waals surface area contributed by atoms with Gasteiger partial charge >= 0.3 is 6.09 Å². The number of hydrogen-bond donors (Lipinski definition) is 1. The fourth-order valence-electron chi connectivity index (χ4n) is 3.31. The largest absolute Gasteiger partial charge is 0.443 e. The van der Waals surface area contributed by atoms with Gasteiger partial charge in [0.05, 0.1) is 16.5 Å². The van der Waals surface area contributed by atoms with Crippen molar-refractivity contribution in [3.05, 3.63) is 59.7 Å². The van der Waals surface area contributed by atoms with Crippen molar-refractivity contribution in [2.24, 2.45) is 0 Å². The average molecular weight is 431 g/mol. The topological polar surface area (TPSA) is 92.8 Å². The number of fused-ring (bicyclic) bond motifs is 1. The number of benzene rings is 2. The molecule has 0 aromatic heterocycles. The Morgan fingerprint density at radius 1 is 1.10 bits per heavy atom. The molecule has 0 saturated heterocycles. The molecule has 8 heteroatoms. The minimum Gasteiger partial charge on any atom is -0.443 e. The molecular weight excluding hydrogens is 404 g/mol. The number of sulfonamides is 1. The van der Waals surface area contributed by atoms with Gasteiger partial charge in [0, 0.05) is 6.54 Å². The summed E-state index contributed by atoms with van der Waals surface area (Å²) in [4.78, 5) is 26.8. The fourth-order valence-corrected chi connectivity index (χ4v) is 4.35. The monoisotopic (exact) mass is 430 g/mol. The van der Waals surface area contributed by atoms with Gasteiger partial charge in [-0.25, -0.2) is 22.8 Å². The lowest BCUT2D eigenvalue weighted by Gasteiger charge is -2.24. The molecule has 1 aliphatic heterocycles. The Balaban J connectivity index is 1.74. The first kappa shape index (κ1) is 22.0. The van der Waals surface area contributed by atoms with Crippen molar-refractivity contribution in [1.29, 1.82) is 0 Å². The Hall–Kier alpha value is -2.71. The normalized spacial score (nSPS) is 16.5. The van der Waals surface area contributed by atoms with Gasteiger partial charge in [-0.15, -0.1) is 0 Å². The number of amides is 2. The maximum absolute atomic E-state index is 13.0. The van der Waals surface area contributed by atoms with E-state index in [1.54, 1.807) is 57.2 Å². The highest BCUT2D eigenvalue weighted by Gasteiger charge is 2.42. The van der Waals surface area contributed by atoms with Crippen LogP contribution in [-0.2, 0) is 19.6 Å². The summed E-state index contributed by atoms with van der Waals surface area (Å²) in [5.41, 5.74) is 1.38. The van der Waals surface area contributed by atoms with E-state index in [1.165, 1.54) is 12.1 Å². The molecule has 0 saturated carbocycles. The number of nitrogens with zero attached hydrogens (tertiary/aromatic N) is 1. The van der Waals surface area contributed by atoms with Crippen molar-refractivity contribution in [2.75, 3.05) is 11.4 Å². The zero-order valence-electron chi connectivity index (χ0n) is 17.5. The maximum Gasteiger partial charge on any atom is 0.421 e. The Morgan fingerprint density at radius 2 is 1.73 bits per heavy atom. The van der Waals surface area contributed by atoms with Gasteiger partial charge in [0.2, 0.25) is 15.9 Å². The molecular formula is C22H26N2O5S. The van der Waals surface area contributed by atoms with Crippen LogP contribution in [0.3, 0.4) is 0 Å². The molecule has 0 spiro atoms.